The molecule has 6 N–H and O–H groups in total. The van der Waals surface area contributed by atoms with Crippen molar-refractivity contribution >= 4 is 88.5 Å². The number of anilines is 1. The molecular weight excluding hydrogens is 1080 g/mol. The van der Waals surface area contributed by atoms with Gasteiger partial charge in [0.25, 0.3) is 33.7 Å². The van der Waals surface area contributed by atoms with E-state index in [2.05, 4.69) is 81.4 Å². The second-order valence-electron chi connectivity index (χ2n) is 20.8. The number of nitrogens with zero attached hydrogens (tertiary/aromatic N) is 4. The van der Waals surface area contributed by atoms with Gasteiger partial charge in [-0.25, -0.2) is 18.4 Å². The summed E-state index contributed by atoms with van der Waals surface area (Å²) >= 11 is 0. The van der Waals surface area contributed by atoms with Crippen molar-refractivity contribution in [3.05, 3.63) is 143 Å². The normalized spacial score (nSPS) is 15.1. The number of rotatable bonds is 21. The molecule has 0 radical (unpaired) electrons. The number of allylic oxidation sites excluding steroid dienone is 4. The second-order valence-corrected chi connectivity index (χ2v) is 23.9. The molecule has 6 aromatic rings. The van der Waals surface area contributed by atoms with Gasteiger partial charge in [-0.2, -0.15) is 13.0 Å². The third-order valence-corrected chi connectivity index (χ3v) is 15.9. The van der Waals surface area contributed by atoms with Crippen LogP contribution >= 0.6 is 0 Å². The van der Waals surface area contributed by atoms with E-state index in [0.29, 0.717) is 36.3 Å². The first-order valence-corrected chi connectivity index (χ1v) is 29.7. The molecule has 0 bridgehead atoms. The van der Waals surface area contributed by atoms with Crippen molar-refractivity contribution in [2.24, 2.45) is 0 Å². The zero-order chi connectivity index (χ0) is 58.8. The average molecular weight is 1140 g/mol. The van der Waals surface area contributed by atoms with Crippen molar-refractivity contribution in [2.75, 3.05) is 55.7 Å². The number of carbonyl (C=O) groups is 5. The molecule has 0 aliphatic carbocycles. The van der Waals surface area contributed by atoms with Crippen LogP contribution in [0.25, 0.3) is 43.8 Å². The van der Waals surface area contributed by atoms with Gasteiger partial charge in [0.2, 0.25) is 5.69 Å². The van der Waals surface area contributed by atoms with E-state index in [1.807, 2.05) is 72.8 Å². The number of pyridine rings is 2. The van der Waals surface area contributed by atoms with E-state index in [9.17, 15) is 55.0 Å². The largest absolute Gasteiger partial charge is 0.748 e. The van der Waals surface area contributed by atoms with Crippen molar-refractivity contribution in [1.82, 2.24) is 31.2 Å². The molecule has 4 amide bonds. The van der Waals surface area contributed by atoms with Gasteiger partial charge in [-0.3, -0.25) is 28.5 Å². The molecule has 4 aromatic carbocycles. The fourth-order valence-electron chi connectivity index (χ4n) is 10.8. The number of fused-ring (bicyclic) bond motifs is 6. The third-order valence-electron chi connectivity index (χ3n) is 14.4. The molecule has 424 valence electrons. The van der Waals surface area contributed by atoms with E-state index in [0.717, 1.165) is 67.4 Å². The Bertz CT molecular complexity index is 3870. The van der Waals surface area contributed by atoms with Crippen LogP contribution in [0.15, 0.2) is 109 Å². The summed E-state index contributed by atoms with van der Waals surface area (Å²) in [6.07, 6.45) is 6.80. The highest BCUT2D eigenvalue weighted by atomic mass is 32.2. The first-order chi connectivity index (χ1) is 38.3. The van der Waals surface area contributed by atoms with Gasteiger partial charge in [-0.15, -0.1) is 0 Å². The van der Waals surface area contributed by atoms with E-state index in [4.69, 9.17) is 0 Å². The Labute approximate surface area is 470 Å². The smallest absolute Gasteiger partial charge is 0.322 e. The zero-order valence-corrected chi connectivity index (χ0v) is 47.6. The summed E-state index contributed by atoms with van der Waals surface area (Å²) in [6.45, 7) is 14.2. The molecule has 20 nitrogen and oxygen atoms in total. The molecule has 2 aromatic heterocycles. The Kier molecular flexibility index (Phi) is 17.1. The number of carboxylic acids is 1. The van der Waals surface area contributed by atoms with Gasteiger partial charge in [-0.05, 0) is 121 Å². The molecule has 4 heterocycles. The van der Waals surface area contributed by atoms with E-state index in [1.165, 1.54) is 12.1 Å². The number of hydrogen-bond acceptors (Lipinski definition) is 13. The number of aliphatic carboxylic acids is 1. The lowest BCUT2D eigenvalue weighted by Crippen LogP contribution is -2.32. The quantitative estimate of drug-likeness (QED) is 0.0312. The first-order valence-electron chi connectivity index (χ1n) is 26.5. The molecule has 2 aliphatic rings. The van der Waals surface area contributed by atoms with Crippen LogP contribution in [0.1, 0.15) is 114 Å². The van der Waals surface area contributed by atoms with Crippen LogP contribution in [0.5, 0.6) is 0 Å². The summed E-state index contributed by atoms with van der Waals surface area (Å²) < 4.78 is 70.6. The minimum atomic E-state index is -4.57. The lowest BCUT2D eigenvalue weighted by molar-refractivity contribution is -0.435. The maximum Gasteiger partial charge on any atom is 0.322 e. The van der Waals surface area contributed by atoms with Crippen LogP contribution in [-0.2, 0) is 35.9 Å². The van der Waals surface area contributed by atoms with Gasteiger partial charge in [0.05, 0.1) is 32.4 Å². The maximum atomic E-state index is 13.5. The highest BCUT2D eigenvalue weighted by molar-refractivity contribution is 7.86. The Balaban J connectivity index is 1.27. The predicted octanol–water partition coefficient (Wildman–Crippen LogP) is 7.01. The monoisotopic (exact) mass is 1140 g/mol. The van der Waals surface area contributed by atoms with Crippen molar-refractivity contribution < 1.29 is 59.6 Å². The zero-order valence-electron chi connectivity index (χ0n) is 46.0. The number of carbonyl (C=O) groups excluding carboxylic acids is 4. The van der Waals surface area contributed by atoms with Crippen LogP contribution in [0, 0.1) is 0 Å². The second kappa shape index (κ2) is 23.5. The van der Waals surface area contributed by atoms with Crippen LogP contribution in [0.3, 0.4) is 0 Å². The Morgan fingerprint density at radius 2 is 1.16 bits per heavy atom. The van der Waals surface area contributed by atoms with E-state index in [1.54, 1.807) is 26.0 Å². The topological polar surface area (TPSA) is 297 Å². The summed E-state index contributed by atoms with van der Waals surface area (Å²) in [7, 11) is -9.00. The first kappa shape index (κ1) is 59.0. The third kappa shape index (κ3) is 12.4. The molecule has 8 rings (SSSR count). The van der Waals surface area contributed by atoms with Crippen LogP contribution in [-0.4, -0.2) is 132 Å². The van der Waals surface area contributed by atoms with Crippen molar-refractivity contribution in [1.29, 1.82) is 0 Å². The molecule has 0 spiro atoms. The minimum Gasteiger partial charge on any atom is -0.748 e. The molecule has 22 heteroatoms. The van der Waals surface area contributed by atoms with Gasteiger partial charge in [0.1, 0.15) is 35.9 Å². The summed E-state index contributed by atoms with van der Waals surface area (Å²) in [5, 5.41) is 22.8. The van der Waals surface area contributed by atoms with Crippen LogP contribution in [0.2, 0.25) is 0 Å². The van der Waals surface area contributed by atoms with Crippen molar-refractivity contribution in [3.63, 3.8) is 0 Å². The highest BCUT2D eigenvalue weighted by Crippen LogP contribution is 2.53. The summed E-state index contributed by atoms with van der Waals surface area (Å²) in [5.41, 5.74) is 5.70. The maximum absolute atomic E-state index is 13.5. The highest BCUT2D eigenvalue weighted by Gasteiger charge is 2.46. The van der Waals surface area contributed by atoms with Gasteiger partial charge in [0.15, 0.2) is 5.71 Å². The standard InChI is InChI=1S/C59H64N8O12S2/c1-8-24-66-49(58(4,5)43-32-41(37-17-11-13-19-39(37)52(43)66)36-30-47(56(72)62-23-27-81(77,78)79)65-48(31-36)57(73)63-34-51(68)69)21-15-22-50-59(6,7)44-33-42(35-28-45(54(70)60-9-2)64-46(29-35)55(71)61-10-3)38-18-12-14-20-40(38)53(44)67(50)25-16-26-80(74,75)76/h11-15,17-22,28-33H,8-10,16,23-27,34H2,1-7H3,(H6-,60,61,62,63,68,69,70,71,72,73,74,75,76,77,78,79). The molecule has 0 fully saturated rings. The molecule has 0 atom stereocenters. The van der Waals surface area contributed by atoms with E-state index in [-0.39, 0.29) is 35.7 Å². The van der Waals surface area contributed by atoms with Crippen molar-refractivity contribution in [2.45, 2.75) is 72.1 Å². The number of carboxylic acid groups (broad SMARTS) is 1. The molecule has 0 saturated heterocycles. The number of aromatic nitrogens is 2. The lowest BCUT2D eigenvalue weighted by atomic mass is 9.79. The number of nitrogens with one attached hydrogen (secondary N) is 4. The molecule has 2 aliphatic heterocycles. The summed E-state index contributed by atoms with van der Waals surface area (Å²) in [5.74, 6) is -5.26. The van der Waals surface area contributed by atoms with Crippen LogP contribution in [0.4, 0.5) is 11.4 Å². The lowest BCUT2D eigenvalue weighted by Gasteiger charge is -2.27. The summed E-state index contributed by atoms with van der Waals surface area (Å²) in [6, 6.07) is 25.7. The minimum absolute atomic E-state index is 0.0280. The van der Waals surface area contributed by atoms with Gasteiger partial charge >= 0.3 is 5.97 Å². The Hall–Kier alpha value is -8.18. The molecular formula is C59H64N8O12S2. The fraction of sp³-hybridized carbons (Fsp3) is 0.322. The predicted molar refractivity (Wildman–Crippen MR) is 309 cm³/mol. The Morgan fingerprint density at radius 3 is 1.67 bits per heavy atom. The molecule has 0 unspecified atom stereocenters. The number of hydrogen-bond donors (Lipinski definition) is 6. The Morgan fingerprint density at radius 1 is 0.667 bits per heavy atom. The van der Waals surface area contributed by atoms with Crippen molar-refractivity contribution in [3.8, 4) is 22.3 Å². The fourth-order valence-corrected chi connectivity index (χ4v) is 11.7. The van der Waals surface area contributed by atoms with Gasteiger partial charge in [-0.1, -0.05) is 69.3 Å². The van der Waals surface area contributed by atoms with Gasteiger partial charge < -0.3 is 35.8 Å². The molecule has 81 heavy (non-hydrogen) atoms. The van der Waals surface area contributed by atoms with Crippen LogP contribution < -0.4 is 26.2 Å². The molecule has 0 saturated carbocycles. The SMILES string of the molecule is CCCN1/C(=C/C=C/C2=[N+](CCCS(=O)(=O)[O-])c3c(cc(-c4cc(C(=O)NCC)nc(C(=O)NCC)c4)c4ccccc34)C2(C)C)C(C)(C)c2cc(-c3cc(C(=O)NCCS(=O)(=O)O)nc(C(=O)NCC(=O)O)c3)c3ccccc3c21. The van der Waals surface area contributed by atoms with E-state index < -0.39 is 85.3 Å². The summed E-state index contributed by atoms with van der Waals surface area (Å²) in [4.78, 5) is 76.1. The average Bonchev–Trinajstić information content (AvgIpc) is 2.18. The number of amides is 4. The van der Waals surface area contributed by atoms with Gasteiger partial charge in [0, 0.05) is 66.5 Å². The van der Waals surface area contributed by atoms with E-state index >= 15 is 0 Å². The number of benzene rings is 4.